The van der Waals surface area contributed by atoms with Gasteiger partial charge >= 0.3 is 12.1 Å². The van der Waals surface area contributed by atoms with Gasteiger partial charge in [-0.1, -0.05) is 32.9 Å². The van der Waals surface area contributed by atoms with Crippen molar-refractivity contribution in [3.8, 4) is 0 Å². The van der Waals surface area contributed by atoms with E-state index >= 15 is 0 Å². The van der Waals surface area contributed by atoms with Crippen LogP contribution in [-0.2, 0) is 20.9 Å². The van der Waals surface area contributed by atoms with E-state index in [1.807, 2.05) is 34.1 Å². The van der Waals surface area contributed by atoms with Gasteiger partial charge in [-0.25, -0.2) is 9.78 Å². The van der Waals surface area contributed by atoms with Gasteiger partial charge in [0, 0.05) is 45.3 Å². The highest BCUT2D eigenvalue weighted by atomic mass is 19.4. The van der Waals surface area contributed by atoms with Crippen molar-refractivity contribution in [3.63, 3.8) is 0 Å². The average Bonchev–Trinajstić information content (AvgIpc) is 3.30. The van der Waals surface area contributed by atoms with E-state index in [-0.39, 0.29) is 23.8 Å². The molecule has 1 aromatic heterocycles. The topological polar surface area (TPSA) is 117 Å². The molecule has 40 heavy (non-hydrogen) atoms. The molecule has 2 atom stereocenters. The Labute approximate surface area is 231 Å². The molecule has 4 rings (SSSR count). The molecular formula is C27H38F3N5O5. The molecule has 222 valence electrons. The maximum absolute atomic E-state index is 13.9. The summed E-state index contributed by atoms with van der Waals surface area (Å²) < 4.78 is 39.2. The summed E-state index contributed by atoms with van der Waals surface area (Å²) in [6.45, 7) is 11.6. The number of hydrogen-bond acceptors (Lipinski definition) is 6. The number of carboxylic acids is 1. The molecule has 2 aromatic rings. The summed E-state index contributed by atoms with van der Waals surface area (Å²) >= 11 is 0. The second kappa shape index (κ2) is 13.9. The molecule has 0 saturated carbocycles. The summed E-state index contributed by atoms with van der Waals surface area (Å²) in [5.41, 5.74) is 1.84. The Morgan fingerprint density at radius 1 is 1.18 bits per heavy atom. The van der Waals surface area contributed by atoms with Crippen LogP contribution in [0.25, 0.3) is 11.0 Å². The Balaban J connectivity index is 0.000000559. The standard InChI is InChI=1S/C25H37N5O3.C2HF3O2/c1-4-9-29-22-8-6-5-7-21(22)27-23(29)25(32)30(17-18(2)3)20-14-19(15-26-16-20)24(31)28-10-12-33-13-11-28;3-2(4,5)1(6)7/h5-8,18-20,26H,4,9-17H2,1-3H3;(H,6,7)/t19-,20+;/m1./s1. The number of rotatable bonds is 7. The maximum atomic E-state index is 13.9. The normalized spacial score (nSPS) is 19.7. The molecule has 0 unspecified atom stereocenters. The predicted molar refractivity (Wildman–Crippen MR) is 142 cm³/mol. The lowest BCUT2D eigenvalue weighted by molar-refractivity contribution is -0.192. The van der Waals surface area contributed by atoms with Crippen LogP contribution in [0, 0.1) is 11.8 Å². The van der Waals surface area contributed by atoms with Crippen LogP contribution in [0.4, 0.5) is 13.2 Å². The van der Waals surface area contributed by atoms with Gasteiger partial charge < -0.3 is 29.5 Å². The lowest BCUT2D eigenvalue weighted by atomic mass is 9.92. The molecule has 2 saturated heterocycles. The smallest absolute Gasteiger partial charge is 0.475 e. The largest absolute Gasteiger partial charge is 0.490 e. The number of nitrogens with one attached hydrogen (secondary N) is 1. The van der Waals surface area contributed by atoms with Crippen LogP contribution in [0.1, 0.15) is 44.2 Å². The van der Waals surface area contributed by atoms with Gasteiger partial charge in [-0.2, -0.15) is 13.2 Å². The van der Waals surface area contributed by atoms with Gasteiger partial charge in [-0.05, 0) is 30.9 Å². The first-order valence-corrected chi connectivity index (χ1v) is 13.6. The summed E-state index contributed by atoms with van der Waals surface area (Å²) in [5.74, 6) is -1.94. The number of benzene rings is 1. The first-order valence-electron chi connectivity index (χ1n) is 13.6. The van der Waals surface area contributed by atoms with E-state index in [1.165, 1.54) is 0 Å². The number of piperidine rings is 1. The van der Waals surface area contributed by atoms with Crippen molar-refractivity contribution < 1.29 is 37.4 Å². The molecule has 2 fully saturated rings. The second-order valence-corrected chi connectivity index (χ2v) is 10.4. The molecule has 2 aliphatic rings. The number of nitrogens with zero attached hydrogens (tertiary/aromatic N) is 4. The lowest BCUT2D eigenvalue weighted by Gasteiger charge is -2.40. The van der Waals surface area contributed by atoms with E-state index in [0.29, 0.717) is 64.1 Å². The number of amides is 2. The minimum Gasteiger partial charge on any atom is -0.475 e. The maximum Gasteiger partial charge on any atom is 0.490 e. The number of fused-ring (bicyclic) bond motifs is 1. The number of imidazole rings is 1. The highest BCUT2D eigenvalue weighted by molar-refractivity contribution is 5.95. The zero-order valence-electron chi connectivity index (χ0n) is 23.1. The molecule has 1 aromatic carbocycles. The minimum absolute atomic E-state index is 0.0420. The zero-order chi connectivity index (χ0) is 29.4. The molecule has 10 nitrogen and oxygen atoms in total. The second-order valence-electron chi connectivity index (χ2n) is 10.4. The van der Waals surface area contributed by atoms with Gasteiger partial charge in [0.05, 0.1) is 30.2 Å². The SMILES string of the molecule is CCCn1c(C(=O)N(CC(C)C)[C@@H]2CNC[C@H](C(=O)N3CCOCC3)C2)nc2ccccc21.O=C(O)C(F)(F)F. The van der Waals surface area contributed by atoms with Crippen molar-refractivity contribution in [3.05, 3.63) is 30.1 Å². The van der Waals surface area contributed by atoms with E-state index in [1.54, 1.807) is 0 Å². The quantitative estimate of drug-likeness (QED) is 0.527. The molecule has 2 amide bonds. The highest BCUT2D eigenvalue weighted by Gasteiger charge is 2.38. The Morgan fingerprint density at radius 3 is 2.42 bits per heavy atom. The molecule has 3 heterocycles. The number of morpholine rings is 1. The van der Waals surface area contributed by atoms with Crippen molar-refractivity contribution in [2.75, 3.05) is 45.9 Å². The number of aliphatic carboxylic acids is 1. The van der Waals surface area contributed by atoms with E-state index in [4.69, 9.17) is 19.6 Å². The van der Waals surface area contributed by atoms with Crippen LogP contribution in [0.2, 0.25) is 0 Å². The fourth-order valence-electron chi connectivity index (χ4n) is 5.00. The monoisotopic (exact) mass is 569 g/mol. The van der Waals surface area contributed by atoms with Crippen molar-refractivity contribution in [2.24, 2.45) is 11.8 Å². The molecule has 0 spiro atoms. The van der Waals surface area contributed by atoms with E-state index in [2.05, 4.69) is 30.7 Å². The van der Waals surface area contributed by atoms with Crippen LogP contribution in [0.15, 0.2) is 24.3 Å². The fraction of sp³-hybridized carbons (Fsp3) is 0.630. The predicted octanol–water partition coefficient (Wildman–Crippen LogP) is 3.01. The van der Waals surface area contributed by atoms with Gasteiger partial charge in [0.15, 0.2) is 5.82 Å². The Kier molecular flexibility index (Phi) is 10.9. The van der Waals surface area contributed by atoms with Crippen LogP contribution >= 0.6 is 0 Å². The molecule has 0 bridgehead atoms. The van der Waals surface area contributed by atoms with Crippen molar-refractivity contribution in [2.45, 2.75) is 52.4 Å². The van der Waals surface area contributed by atoms with Crippen molar-refractivity contribution in [1.82, 2.24) is 24.7 Å². The first kappa shape index (κ1) is 31.3. The summed E-state index contributed by atoms with van der Waals surface area (Å²) in [7, 11) is 0. The van der Waals surface area contributed by atoms with Crippen LogP contribution in [-0.4, -0.2) is 100 Å². The first-order chi connectivity index (χ1) is 18.9. The van der Waals surface area contributed by atoms with Gasteiger partial charge in [0.2, 0.25) is 5.91 Å². The summed E-state index contributed by atoms with van der Waals surface area (Å²) in [6.07, 6.45) is -3.48. The number of aromatic nitrogens is 2. The number of aryl methyl sites for hydroxylation is 1. The third-order valence-corrected chi connectivity index (χ3v) is 6.80. The number of carboxylic acid groups (broad SMARTS) is 1. The zero-order valence-corrected chi connectivity index (χ0v) is 23.1. The van der Waals surface area contributed by atoms with E-state index < -0.39 is 12.1 Å². The summed E-state index contributed by atoms with van der Waals surface area (Å²) in [6, 6.07) is 7.89. The molecular weight excluding hydrogens is 531 g/mol. The van der Waals surface area contributed by atoms with Gasteiger partial charge in [0.1, 0.15) is 0 Å². The minimum atomic E-state index is -5.08. The Morgan fingerprint density at radius 2 is 1.82 bits per heavy atom. The lowest BCUT2D eigenvalue weighted by Crippen LogP contribution is -2.56. The third-order valence-electron chi connectivity index (χ3n) is 6.80. The number of hydrogen-bond donors (Lipinski definition) is 2. The van der Waals surface area contributed by atoms with E-state index in [9.17, 15) is 22.8 Å². The van der Waals surface area contributed by atoms with Gasteiger partial charge in [-0.15, -0.1) is 0 Å². The number of carbonyl (C=O) groups is 3. The number of ether oxygens (including phenoxy) is 1. The molecule has 2 N–H and O–H groups in total. The molecule has 2 aliphatic heterocycles. The highest BCUT2D eigenvalue weighted by Crippen LogP contribution is 2.24. The number of alkyl halides is 3. The average molecular weight is 570 g/mol. The summed E-state index contributed by atoms with van der Waals surface area (Å²) in [5, 5.41) is 10.6. The number of halogens is 3. The van der Waals surface area contributed by atoms with Crippen LogP contribution < -0.4 is 5.32 Å². The van der Waals surface area contributed by atoms with Crippen LogP contribution in [0.5, 0.6) is 0 Å². The fourth-order valence-corrected chi connectivity index (χ4v) is 5.00. The number of carbonyl (C=O) groups excluding carboxylic acids is 2. The van der Waals surface area contributed by atoms with Crippen molar-refractivity contribution in [1.29, 1.82) is 0 Å². The molecule has 0 radical (unpaired) electrons. The van der Waals surface area contributed by atoms with Crippen LogP contribution in [0.3, 0.4) is 0 Å². The Hall–Kier alpha value is -3.19. The molecule has 13 heteroatoms. The Bertz CT molecular complexity index is 1160. The van der Waals surface area contributed by atoms with Gasteiger partial charge in [-0.3, -0.25) is 9.59 Å². The van der Waals surface area contributed by atoms with E-state index in [0.717, 1.165) is 24.0 Å². The third kappa shape index (κ3) is 7.94. The number of para-hydroxylation sites is 2. The van der Waals surface area contributed by atoms with Crippen molar-refractivity contribution >= 4 is 28.8 Å². The molecule has 0 aliphatic carbocycles. The van der Waals surface area contributed by atoms with Gasteiger partial charge in [0.25, 0.3) is 5.91 Å². The summed E-state index contributed by atoms with van der Waals surface area (Å²) in [4.78, 5) is 44.6.